The molecule has 4 rings (SSSR count). The normalized spacial score (nSPS) is 18.7. The number of pyridine rings is 1. The molecule has 0 spiro atoms. The second-order valence-electron chi connectivity index (χ2n) is 5.18. The zero-order chi connectivity index (χ0) is 13.4. The van der Waals surface area contributed by atoms with Crippen molar-refractivity contribution < 1.29 is 0 Å². The molecule has 4 heteroatoms. The van der Waals surface area contributed by atoms with E-state index in [0.717, 1.165) is 42.2 Å². The first kappa shape index (κ1) is 11.6. The number of hydrogen-bond donors (Lipinski definition) is 1. The summed E-state index contributed by atoms with van der Waals surface area (Å²) in [6, 6.07) is 14.4. The van der Waals surface area contributed by atoms with E-state index in [4.69, 9.17) is 4.98 Å². The fourth-order valence-corrected chi connectivity index (χ4v) is 2.91. The molecule has 0 bridgehead atoms. The Hall–Kier alpha value is -2.20. The van der Waals surface area contributed by atoms with E-state index in [9.17, 15) is 0 Å². The van der Waals surface area contributed by atoms with E-state index in [-0.39, 0.29) is 0 Å². The van der Waals surface area contributed by atoms with Crippen LogP contribution in [0.3, 0.4) is 0 Å². The molecule has 3 heterocycles. The van der Waals surface area contributed by atoms with E-state index >= 15 is 0 Å². The van der Waals surface area contributed by atoms with Crippen LogP contribution >= 0.6 is 0 Å². The predicted molar refractivity (Wildman–Crippen MR) is 79.1 cm³/mol. The Morgan fingerprint density at radius 2 is 2.00 bits per heavy atom. The van der Waals surface area contributed by atoms with Gasteiger partial charge in [-0.25, -0.2) is 9.97 Å². The summed E-state index contributed by atoms with van der Waals surface area (Å²) in [7, 11) is 0. The molecule has 1 aliphatic heterocycles. The highest BCUT2D eigenvalue weighted by Crippen LogP contribution is 2.28. The standard InChI is InChI=1S/C16H16N4/c1-2-5-13(6-3-1)20-15(12-8-10-17-11-12)19-14-7-4-9-18-16(14)20/h1-7,9,12,17H,8,10-11H2. The van der Waals surface area contributed by atoms with E-state index in [0.29, 0.717) is 5.92 Å². The number of rotatable bonds is 2. The Morgan fingerprint density at radius 1 is 1.10 bits per heavy atom. The van der Waals surface area contributed by atoms with Gasteiger partial charge in [0.05, 0.1) is 0 Å². The molecule has 0 amide bonds. The van der Waals surface area contributed by atoms with Gasteiger partial charge >= 0.3 is 0 Å². The fraction of sp³-hybridized carbons (Fsp3) is 0.250. The number of benzene rings is 1. The first-order valence-corrected chi connectivity index (χ1v) is 7.03. The maximum absolute atomic E-state index is 4.83. The SMILES string of the molecule is c1ccc(-n2c(C3CCNC3)nc3cccnc32)cc1. The lowest BCUT2D eigenvalue weighted by atomic mass is 10.1. The minimum absolute atomic E-state index is 0.462. The van der Waals surface area contributed by atoms with E-state index in [2.05, 4.69) is 39.1 Å². The Balaban J connectivity index is 1.98. The lowest BCUT2D eigenvalue weighted by Crippen LogP contribution is -2.12. The van der Waals surface area contributed by atoms with Gasteiger partial charge in [0.1, 0.15) is 11.3 Å². The topological polar surface area (TPSA) is 42.7 Å². The van der Waals surface area contributed by atoms with Gasteiger partial charge in [-0.3, -0.25) is 4.57 Å². The van der Waals surface area contributed by atoms with E-state index in [1.807, 2.05) is 24.4 Å². The van der Waals surface area contributed by atoms with Gasteiger partial charge in [-0.05, 0) is 37.2 Å². The van der Waals surface area contributed by atoms with E-state index in [1.54, 1.807) is 0 Å². The molecule has 1 aromatic carbocycles. The highest BCUT2D eigenvalue weighted by atomic mass is 15.1. The molecule has 20 heavy (non-hydrogen) atoms. The molecule has 1 atom stereocenters. The predicted octanol–water partition coefficient (Wildman–Crippen LogP) is 2.50. The number of imidazole rings is 1. The zero-order valence-corrected chi connectivity index (χ0v) is 11.2. The summed E-state index contributed by atoms with van der Waals surface area (Å²) in [5.41, 5.74) is 3.05. The van der Waals surface area contributed by atoms with Crippen LogP contribution in [0.25, 0.3) is 16.9 Å². The number of nitrogens with one attached hydrogen (secondary N) is 1. The van der Waals surface area contributed by atoms with Crippen molar-refractivity contribution in [2.45, 2.75) is 12.3 Å². The van der Waals surface area contributed by atoms with Gasteiger partial charge in [0, 0.05) is 24.3 Å². The Kier molecular flexibility index (Phi) is 2.74. The highest BCUT2D eigenvalue weighted by Gasteiger charge is 2.24. The molecule has 1 unspecified atom stereocenters. The first-order valence-electron chi connectivity index (χ1n) is 7.03. The van der Waals surface area contributed by atoms with Gasteiger partial charge in [0.2, 0.25) is 0 Å². The third kappa shape index (κ3) is 1.80. The van der Waals surface area contributed by atoms with Crippen LogP contribution in [0.5, 0.6) is 0 Å². The molecule has 1 fully saturated rings. The number of hydrogen-bond acceptors (Lipinski definition) is 3. The molecule has 1 N–H and O–H groups in total. The quantitative estimate of drug-likeness (QED) is 0.773. The average molecular weight is 264 g/mol. The monoisotopic (exact) mass is 264 g/mol. The molecule has 100 valence electrons. The van der Waals surface area contributed by atoms with Crippen molar-refractivity contribution in [3.63, 3.8) is 0 Å². The zero-order valence-electron chi connectivity index (χ0n) is 11.2. The third-order valence-corrected chi connectivity index (χ3v) is 3.88. The van der Waals surface area contributed by atoms with Crippen molar-refractivity contribution in [1.29, 1.82) is 0 Å². The summed E-state index contributed by atoms with van der Waals surface area (Å²) in [6.45, 7) is 2.06. The number of aromatic nitrogens is 3. The summed E-state index contributed by atoms with van der Waals surface area (Å²) in [6.07, 6.45) is 2.97. The van der Waals surface area contributed by atoms with Crippen molar-refractivity contribution in [2.75, 3.05) is 13.1 Å². The van der Waals surface area contributed by atoms with E-state index in [1.165, 1.54) is 0 Å². The summed E-state index contributed by atoms with van der Waals surface area (Å²) < 4.78 is 2.20. The Bertz CT molecular complexity index is 727. The Morgan fingerprint density at radius 3 is 2.80 bits per heavy atom. The van der Waals surface area contributed by atoms with Gasteiger partial charge in [0.25, 0.3) is 0 Å². The second kappa shape index (κ2) is 4.72. The van der Waals surface area contributed by atoms with E-state index < -0.39 is 0 Å². The molecule has 4 nitrogen and oxygen atoms in total. The van der Waals surface area contributed by atoms with Crippen LogP contribution < -0.4 is 5.32 Å². The maximum Gasteiger partial charge on any atom is 0.164 e. The molecular weight excluding hydrogens is 248 g/mol. The molecule has 0 saturated carbocycles. The highest BCUT2D eigenvalue weighted by molar-refractivity contribution is 5.74. The molecule has 1 saturated heterocycles. The van der Waals surface area contributed by atoms with Crippen molar-refractivity contribution in [3.05, 3.63) is 54.5 Å². The van der Waals surface area contributed by atoms with Crippen LogP contribution in [0.15, 0.2) is 48.7 Å². The van der Waals surface area contributed by atoms with Crippen molar-refractivity contribution in [1.82, 2.24) is 19.9 Å². The summed E-state index contributed by atoms with van der Waals surface area (Å²) >= 11 is 0. The minimum Gasteiger partial charge on any atom is -0.316 e. The van der Waals surface area contributed by atoms with Gasteiger partial charge in [-0.1, -0.05) is 18.2 Å². The van der Waals surface area contributed by atoms with Crippen molar-refractivity contribution in [2.24, 2.45) is 0 Å². The van der Waals surface area contributed by atoms with Crippen LogP contribution in [0.2, 0.25) is 0 Å². The summed E-state index contributed by atoms with van der Waals surface area (Å²) in [5.74, 6) is 1.58. The number of para-hydroxylation sites is 1. The molecule has 1 aliphatic rings. The van der Waals surface area contributed by atoms with Gasteiger partial charge < -0.3 is 5.32 Å². The van der Waals surface area contributed by atoms with Crippen LogP contribution in [-0.2, 0) is 0 Å². The lowest BCUT2D eigenvalue weighted by Gasteiger charge is -2.12. The smallest absolute Gasteiger partial charge is 0.164 e. The van der Waals surface area contributed by atoms with Crippen molar-refractivity contribution in [3.8, 4) is 5.69 Å². The Labute approximate surface area is 117 Å². The molecule has 3 aromatic rings. The van der Waals surface area contributed by atoms with Crippen molar-refractivity contribution >= 4 is 11.2 Å². The van der Waals surface area contributed by atoms with Crippen LogP contribution in [0, 0.1) is 0 Å². The lowest BCUT2D eigenvalue weighted by molar-refractivity contribution is 0.691. The summed E-state index contributed by atoms with van der Waals surface area (Å²) in [5, 5.41) is 3.42. The fourth-order valence-electron chi connectivity index (χ4n) is 2.91. The van der Waals surface area contributed by atoms with Gasteiger partial charge in [0.15, 0.2) is 5.65 Å². The first-order chi connectivity index (χ1) is 9.93. The van der Waals surface area contributed by atoms with Gasteiger partial charge in [-0.2, -0.15) is 0 Å². The molecule has 0 aliphatic carbocycles. The van der Waals surface area contributed by atoms with Gasteiger partial charge in [-0.15, -0.1) is 0 Å². The van der Waals surface area contributed by atoms with Crippen LogP contribution in [-0.4, -0.2) is 27.6 Å². The van der Waals surface area contributed by atoms with Crippen LogP contribution in [0.1, 0.15) is 18.2 Å². The third-order valence-electron chi connectivity index (χ3n) is 3.88. The molecule has 0 radical (unpaired) electrons. The summed E-state index contributed by atoms with van der Waals surface area (Å²) in [4.78, 5) is 9.36. The number of fused-ring (bicyclic) bond motifs is 1. The molecule has 2 aromatic heterocycles. The second-order valence-corrected chi connectivity index (χ2v) is 5.18. The largest absolute Gasteiger partial charge is 0.316 e. The van der Waals surface area contributed by atoms with Crippen LogP contribution in [0.4, 0.5) is 0 Å². The number of nitrogens with zero attached hydrogens (tertiary/aromatic N) is 3. The minimum atomic E-state index is 0.462. The maximum atomic E-state index is 4.83. The molecular formula is C16H16N4. The average Bonchev–Trinajstić information content (AvgIpc) is 3.15.